The Morgan fingerprint density at radius 3 is 2.41 bits per heavy atom. The Hall–Kier alpha value is -1.47. The van der Waals surface area contributed by atoms with Crippen molar-refractivity contribution in [3.8, 4) is 5.75 Å². The van der Waals surface area contributed by atoms with E-state index in [9.17, 15) is 9.59 Å². The van der Waals surface area contributed by atoms with Crippen molar-refractivity contribution in [3.05, 3.63) is 61.5 Å². The summed E-state index contributed by atoms with van der Waals surface area (Å²) in [6.45, 7) is 1.82. The number of hydrogen-bond acceptors (Lipinski definition) is 3. The molecule has 34 heavy (non-hydrogen) atoms. The van der Waals surface area contributed by atoms with E-state index in [1.807, 2.05) is 6.92 Å². The summed E-state index contributed by atoms with van der Waals surface area (Å²) in [6.07, 6.45) is 5.80. The van der Waals surface area contributed by atoms with Crippen LogP contribution in [0.5, 0.6) is 5.75 Å². The van der Waals surface area contributed by atoms with Gasteiger partial charge in [0, 0.05) is 27.7 Å². The largest absolute Gasteiger partial charge is 0.483 e. The molecule has 1 N–H and O–H groups in total. The average Bonchev–Trinajstić information content (AvgIpc) is 2.80. The second kappa shape index (κ2) is 13.0. The molecule has 9 heteroatoms. The minimum Gasteiger partial charge on any atom is -0.483 e. The first-order valence-corrected chi connectivity index (χ1v) is 13.3. The molecule has 0 aromatic heterocycles. The third-order valence-electron chi connectivity index (χ3n) is 5.94. The smallest absolute Gasteiger partial charge is 0.261 e. The summed E-state index contributed by atoms with van der Waals surface area (Å²) in [7, 11) is 0. The van der Waals surface area contributed by atoms with Crippen molar-refractivity contribution in [2.24, 2.45) is 0 Å². The van der Waals surface area contributed by atoms with E-state index >= 15 is 0 Å². The minimum absolute atomic E-state index is 0.146. The van der Waals surface area contributed by atoms with Gasteiger partial charge < -0.3 is 15.0 Å². The van der Waals surface area contributed by atoms with Crippen LogP contribution in [-0.4, -0.2) is 35.4 Å². The van der Waals surface area contributed by atoms with Gasteiger partial charge in [0.15, 0.2) is 6.61 Å². The number of halogens is 4. The van der Waals surface area contributed by atoms with Gasteiger partial charge >= 0.3 is 0 Å². The lowest BCUT2D eigenvalue weighted by atomic mass is 9.95. The van der Waals surface area contributed by atoms with Crippen molar-refractivity contribution in [3.63, 3.8) is 0 Å². The Bertz CT molecular complexity index is 1010. The van der Waals surface area contributed by atoms with Crippen molar-refractivity contribution in [1.29, 1.82) is 0 Å². The Kier molecular flexibility index (Phi) is 10.4. The van der Waals surface area contributed by atoms with Gasteiger partial charge in [0.1, 0.15) is 11.8 Å². The van der Waals surface area contributed by atoms with E-state index in [0.717, 1.165) is 25.7 Å². The van der Waals surface area contributed by atoms with Crippen LogP contribution in [0.1, 0.15) is 51.0 Å². The predicted molar refractivity (Wildman–Crippen MR) is 141 cm³/mol. The van der Waals surface area contributed by atoms with Crippen molar-refractivity contribution in [2.75, 3.05) is 6.61 Å². The zero-order chi connectivity index (χ0) is 24.7. The van der Waals surface area contributed by atoms with Crippen molar-refractivity contribution in [2.45, 2.75) is 64.1 Å². The molecule has 3 rings (SSSR count). The van der Waals surface area contributed by atoms with Crippen LogP contribution in [-0.2, 0) is 16.1 Å². The van der Waals surface area contributed by atoms with E-state index in [1.54, 1.807) is 36.4 Å². The number of rotatable bonds is 9. The number of amides is 2. The minimum atomic E-state index is -0.654. The van der Waals surface area contributed by atoms with Crippen LogP contribution in [0.25, 0.3) is 0 Å². The first kappa shape index (κ1) is 27.1. The molecule has 0 bridgehead atoms. The topological polar surface area (TPSA) is 58.6 Å². The predicted octanol–water partition coefficient (Wildman–Crippen LogP) is 7.04. The monoisotopic (exact) mass is 588 g/mol. The van der Waals surface area contributed by atoms with Gasteiger partial charge in [-0.15, -0.1) is 0 Å². The number of carbonyl (C=O) groups is 2. The van der Waals surface area contributed by atoms with Gasteiger partial charge in [0.2, 0.25) is 5.91 Å². The van der Waals surface area contributed by atoms with Crippen LogP contribution in [0.3, 0.4) is 0 Å². The Morgan fingerprint density at radius 1 is 1.09 bits per heavy atom. The third kappa shape index (κ3) is 7.51. The van der Waals surface area contributed by atoms with Crippen LogP contribution in [0, 0.1) is 0 Å². The van der Waals surface area contributed by atoms with Gasteiger partial charge in [-0.2, -0.15) is 0 Å². The molecule has 0 aliphatic heterocycles. The van der Waals surface area contributed by atoms with Crippen molar-refractivity contribution >= 4 is 62.5 Å². The molecular weight excluding hydrogens is 563 g/mol. The molecule has 0 saturated heterocycles. The molecule has 1 atom stereocenters. The first-order valence-electron chi connectivity index (χ1n) is 11.4. The molecule has 1 aliphatic rings. The fraction of sp³-hybridized carbons (Fsp3) is 0.440. The Labute approximate surface area is 224 Å². The molecule has 1 aliphatic carbocycles. The summed E-state index contributed by atoms with van der Waals surface area (Å²) in [4.78, 5) is 28.2. The summed E-state index contributed by atoms with van der Waals surface area (Å²) < 4.78 is 6.40. The SMILES string of the molecule is CC[C@@H](C(=O)NC1CCCCC1)N(Cc1ccc(Cl)cc1Cl)C(=O)COc1ccc(Cl)cc1Br. The zero-order valence-electron chi connectivity index (χ0n) is 19.0. The van der Waals surface area contributed by atoms with Crippen LogP contribution < -0.4 is 10.1 Å². The molecule has 0 radical (unpaired) electrons. The molecule has 5 nitrogen and oxygen atoms in total. The highest BCUT2D eigenvalue weighted by molar-refractivity contribution is 9.10. The lowest BCUT2D eigenvalue weighted by Crippen LogP contribution is -2.52. The third-order valence-corrected chi connectivity index (χ3v) is 7.38. The van der Waals surface area contributed by atoms with Gasteiger partial charge in [-0.3, -0.25) is 9.59 Å². The van der Waals surface area contributed by atoms with Gasteiger partial charge in [-0.25, -0.2) is 0 Å². The maximum atomic E-state index is 13.4. The highest BCUT2D eigenvalue weighted by Gasteiger charge is 2.31. The van der Waals surface area contributed by atoms with Crippen molar-refractivity contribution < 1.29 is 14.3 Å². The fourth-order valence-corrected chi connectivity index (χ4v) is 5.38. The Balaban J connectivity index is 1.80. The maximum Gasteiger partial charge on any atom is 0.261 e. The highest BCUT2D eigenvalue weighted by Crippen LogP contribution is 2.29. The van der Waals surface area contributed by atoms with Crippen LogP contribution in [0.2, 0.25) is 15.1 Å². The van der Waals surface area contributed by atoms with Crippen LogP contribution in [0.15, 0.2) is 40.9 Å². The number of benzene rings is 2. The van der Waals surface area contributed by atoms with Gasteiger partial charge in [-0.05, 0) is 71.1 Å². The molecular formula is C25H28BrCl3N2O3. The van der Waals surface area contributed by atoms with Crippen LogP contribution >= 0.6 is 50.7 Å². The number of nitrogens with zero attached hydrogens (tertiary/aromatic N) is 1. The molecule has 2 aromatic carbocycles. The number of nitrogens with one attached hydrogen (secondary N) is 1. The average molecular weight is 591 g/mol. The summed E-state index contributed by atoms with van der Waals surface area (Å²) in [5.41, 5.74) is 0.705. The number of ether oxygens (including phenoxy) is 1. The summed E-state index contributed by atoms with van der Waals surface area (Å²) >= 11 is 21.8. The summed E-state index contributed by atoms with van der Waals surface area (Å²) in [5, 5.41) is 4.65. The molecule has 184 valence electrons. The van der Waals surface area contributed by atoms with E-state index in [-0.39, 0.29) is 31.0 Å². The number of carbonyl (C=O) groups excluding carboxylic acids is 2. The summed E-state index contributed by atoms with van der Waals surface area (Å²) in [6, 6.07) is 9.68. The molecule has 2 amide bonds. The molecule has 1 saturated carbocycles. The lowest BCUT2D eigenvalue weighted by molar-refractivity contribution is -0.143. The second-order valence-corrected chi connectivity index (χ2v) is 10.5. The quantitative estimate of drug-likeness (QED) is 0.341. The van der Waals surface area contributed by atoms with Gasteiger partial charge in [-0.1, -0.05) is 67.1 Å². The van der Waals surface area contributed by atoms with E-state index < -0.39 is 6.04 Å². The van der Waals surface area contributed by atoms with Crippen LogP contribution in [0.4, 0.5) is 0 Å². The van der Waals surface area contributed by atoms with E-state index in [1.165, 1.54) is 11.3 Å². The second-order valence-electron chi connectivity index (χ2n) is 8.39. The van der Waals surface area contributed by atoms with E-state index in [4.69, 9.17) is 39.5 Å². The molecule has 0 heterocycles. The lowest BCUT2D eigenvalue weighted by Gasteiger charge is -2.33. The maximum absolute atomic E-state index is 13.4. The fourth-order valence-electron chi connectivity index (χ4n) is 4.11. The highest BCUT2D eigenvalue weighted by atomic mass is 79.9. The molecule has 1 fully saturated rings. The molecule has 0 spiro atoms. The first-order chi connectivity index (χ1) is 16.3. The summed E-state index contributed by atoms with van der Waals surface area (Å²) in [5.74, 6) is 0.0148. The molecule has 2 aromatic rings. The number of hydrogen-bond donors (Lipinski definition) is 1. The normalized spacial score (nSPS) is 15.0. The van der Waals surface area contributed by atoms with Gasteiger partial charge in [0.25, 0.3) is 5.91 Å². The van der Waals surface area contributed by atoms with Gasteiger partial charge in [0.05, 0.1) is 4.47 Å². The Morgan fingerprint density at radius 2 is 1.76 bits per heavy atom. The van der Waals surface area contributed by atoms with E-state index in [0.29, 0.717) is 37.3 Å². The molecule has 0 unspecified atom stereocenters. The van der Waals surface area contributed by atoms with Crippen molar-refractivity contribution in [1.82, 2.24) is 10.2 Å². The zero-order valence-corrected chi connectivity index (χ0v) is 22.8. The van der Waals surface area contributed by atoms with E-state index in [2.05, 4.69) is 21.2 Å². The standard InChI is InChI=1S/C25H28BrCl3N2O3/c1-2-22(25(33)30-19-6-4-3-5-7-19)31(14-16-8-9-18(28)13-21(16)29)24(32)15-34-23-11-10-17(27)12-20(23)26/h8-13,19,22H,2-7,14-15H2,1H3,(H,30,33)/t22-/m0/s1.